The highest BCUT2D eigenvalue weighted by molar-refractivity contribution is 9.10. The molecule has 4 rings (SSSR count). The fourth-order valence-corrected chi connectivity index (χ4v) is 3.62. The largest absolute Gasteiger partial charge is 0.508 e. The smallest absolute Gasteiger partial charge is 0.282 e. The Morgan fingerprint density at radius 1 is 0.893 bits per heavy atom. The number of anilines is 1. The average Bonchev–Trinajstić information content (AvgIpc) is 3.01. The van der Waals surface area contributed by atoms with Gasteiger partial charge in [0.2, 0.25) is 0 Å². The van der Waals surface area contributed by atoms with Crippen LogP contribution >= 0.6 is 31.9 Å². The van der Waals surface area contributed by atoms with Crippen molar-refractivity contribution in [3.63, 3.8) is 0 Å². The normalized spacial score (nSPS) is 15.2. The molecule has 0 saturated heterocycles. The van der Waals surface area contributed by atoms with E-state index < -0.39 is 0 Å². The lowest BCUT2D eigenvalue weighted by molar-refractivity contribution is -0.113. The number of aliphatic imine (C=N–C) groups is 1. The zero-order valence-corrected chi connectivity index (χ0v) is 17.7. The minimum Gasteiger partial charge on any atom is -0.508 e. The van der Waals surface area contributed by atoms with E-state index in [2.05, 4.69) is 36.9 Å². The number of phenols is 1. The number of phenolic OH excluding ortho intramolecular Hbond substituents is 1. The van der Waals surface area contributed by atoms with E-state index >= 15 is 0 Å². The molecule has 4 nitrogen and oxygen atoms in total. The summed E-state index contributed by atoms with van der Waals surface area (Å²) in [5, 5.41) is 9.61. The van der Waals surface area contributed by atoms with Gasteiger partial charge in [0.15, 0.2) is 0 Å². The number of carbonyl (C=O) groups is 1. The average molecular weight is 498 g/mol. The molecule has 3 aromatic rings. The molecule has 1 aliphatic heterocycles. The van der Waals surface area contributed by atoms with Gasteiger partial charge in [0.05, 0.1) is 5.69 Å². The fraction of sp³-hybridized carbons (Fsp3) is 0. The van der Waals surface area contributed by atoms with E-state index in [0.29, 0.717) is 17.2 Å². The first kappa shape index (κ1) is 18.7. The maximum absolute atomic E-state index is 13.2. The van der Waals surface area contributed by atoms with Crippen LogP contribution in [0.2, 0.25) is 0 Å². The lowest BCUT2D eigenvalue weighted by Crippen LogP contribution is -2.32. The third-order valence-electron chi connectivity index (χ3n) is 4.26. The van der Waals surface area contributed by atoms with Gasteiger partial charge in [-0.1, -0.05) is 62.2 Å². The van der Waals surface area contributed by atoms with Crippen molar-refractivity contribution >= 4 is 55.4 Å². The third-order valence-corrected chi connectivity index (χ3v) is 5.48. The molecule has 0 fully saturated rings. The second-order valence-electron chi connectivity index (χ2n) is 6.15. The summed E-state index contributed by atoms with van der Waals surface area (Å²) in [5.74, 6) is 0.450. The van der Waals surface area contributed by atoms with Crippen molar-refractivity contribution in [1.82, 2.24) is 0 Å². The summed E-state index contributed by atoms with van der Waals surface area (Å²) in [5.41, 5.74) is 2.68. The number of benzene rings is 3. The Kier molecular flexibility index (Phi) is 5.15. The van der Waals surface area contributed by atoms with Crippen LogP contribution in [0.15, 0.2) is 92.4 Å². The molecular weight excluding hydrogens is 484 g/mol. The quantitative estimate of drug-likeness (QED) is 0.468. The molecule has 0 unspecified atom stereocenters. The molecule has 3 aromatic carbocycles. The molecule has 138 valence electrons. The molecule has 1 heterocycles. The Hall–Kier alpha value is -2.70. The van der Waals surface area contributed by atoms with Crippen molar-refractivity contribution in [3.8, 4) is 5.75 Å². The maximum atomic E-state index is 13.2. The first-order chi connectivity index (χ1) is 13.5. The zero-order valence-electron chi connectivity index (χ0n) is 14.5. The predicted molar refractivity (Wildman–Crippen MR) is 118 cm³/mol. The number of halogens is 2. The SMILES string of the molecule is O=C1/C(=C\c2ccc(Br)cc2)N=C(c2ccccc2Br)N1c1ccc(O)cc1. The van der Waals surface area contributed by atoms with E-state index in [1.165, 1.54) is 0 Å². The maximum Gasteiger partial charge on any atom is 0.282 e. The third kappa shape index (κ3) is 3.66. The van der Waals surface area contributed by atoms with Gasteiger partial charge in [-0.25, -0.2) is 4.99 Å². The zero-order chi connectivity index (χ0) is 19.7. The molecule has 0 radical (unpaired) electrons. The first-order valence-corrected chi connectivity index (χ1v) is 10.1. The number of aromatic hydroxyl groups is 1. The summed E-state index contributed by atoms with van der Waals surface area (Å²) in [6.07, 6.45) is 1.77. The van der Waals surface area contributed by atoms with Crippen LogP contribution in [0.5, 0.6) is 5.75 Å². The minimum absolute atomic E-state index is 0.139. The van der Waals surface area contributed by atoms with Crippen molar-refractivity contribution in [1.29, 1.82) is 0 Å². The molecular formula is C22H14Br2N2O2. The molecule has 28 heavy (non-hydrogen) atoms. The van der Waals surface area contributed by atoms with Crippen LogP contribution in [0.3, 0.4) is 0 Å². The first-order valence-electron chi connectivity index (χ1n) is 8.47. The number of rotatable bonds is 3. The van der Waals surface area contributed by atoms with Crippen LogP contribution in [-0.4, -0.2) is 16.8 Å². The van der Waals surface area contributed by atoms with Gasteiger partial charge >= 0.3 is 0 Å². The van der Waals surface area contributed by atoms with Crippen molar-refractivity contribution in [2.24, 2.45) is 4.99 Å². The highest BCUT2D eigenvalue weighted by atomic mass is 79.9. The summed E-state index contributed by atoms with van der Waals surface area (Å²) in [7, 11) is 0. The Labute approximate surface area is 179 Å². The van der Waals surface area contributed by atoms with Crippen LogP contribution < -0.4 is 4.90 Å². The summed E-state index contributed by atoms with van der Waals surface area (Å²) >= 11 is 6.96. The van der Waals surface area contributed by atoms with Crippen LogP contribution in [0.4, 0.5) is 5.69 Å². The molecule has 0 spiro atoms. The lowest BCUT2D eigenvalue weighted by Gasteiger charge is -2.19. The highest BCUT2D eigenvalue weighted by Crippen LogP contribution is 2.31. The molecule has 1 amide bonds. The Morgan fingerprint density at radius 2 is 1.57 bits per heavy atom. The number of hydrogen-bond donors (Lipinski definition) is 1. The molecule has 0 saturated carbocycles. The van der Waals surface area contributed by atoms with Gasteiger partial charge in [0.25, 0.3) is 5.91 Å². The van der Waals surface area contributed by atoms with Gasteiger partial charge < -0.3 is 5.11 Å². The predicted octanol–water partition coefficient (Wildman–Crippen LogP) is 5.75. The van der Waals surface area contributed by atoms with Crippen molar-refractivity contribution in [3.05, 3.63) is 98.6 Å². The summed E-state index contributed by atoms with van der Waals surface area (Å²) in [6.45, 7) is 0. The summed E-state index contributed by atoms with van der Waals surface area (Å²) in [6, 6.07) is 21.8. The van der Waals surface area contributed by atoms with Gasteiger partial charge in [-0.05, 0) is 54.1 Å². The molecule has 1 aliphatic rings. The van der Waals surface area contributed by atoms with E-state index in [0.717, 1.165) is 20.1 Å². The van der Waals surface area contributed by atoms with Crippen molar-refractivity contribution in [2.75, 3.05) is 4.90 Å². The van der Waals surface area contributed by atoms with Gasteiger partial charge in [0, 0.05) is 14.5 Å². The number of hydrogen-bond acceptors (Lipinski definition) is 3. The second kappa shape index (κ2) is 7.73. The molecule has 0 atom stereocenters. The van der Waals surface area contributed by atoms with E-state index in [4.69, 9.17) is 0 Å². The van der Waals surface area contributed by atoms with Gasteiger partial charge in [-0.3, -0.25) is 9.69 Å². The Morgan fingerprint density at radius 3 is 2.25 bits per heavy atom. The van der Waals surface area contributed by atoms with Gasteiger partial charge in [0.1, 0.15) is 17.3 Å². The van der Waals surface area contributed by atoms with Gasteiger partial charge in [-0.2, -0.15) is 0 Å². The Bertz CT molecular complexity index is 1100. The second-order valence-corrected chi connectivity index (χ2v) is 7.92. The van der Waals surface area contributed by atoms with Crippen LogP contribution in [0.1, 0.15) is 11.1 Å². The number of nitrogens with zero attached hydrogens (tertiary/aromatic N) is 2. The molecule has 1 N–H and O–H groups in total. The van der Waals surface area contributed by atoms with Gasteiger partial charge in [-0.15, -0.1) is 0 Å². The van der Waals surface area contributed by atoms with E-state index in [1.54, 1.807) is 35.2 Å². The number of amides is 1. The van der Waals surface area contributed by atoms with E-state index in [-0.39, 0.29) is 11.7 Å². The molecule has 0 bridgehead atoms. The molecule has 6 heteroatoms. The van der Waals surface area contributed by atoms with Crippen LogP contribution in [-0.2, 0) is 4.79 Å². The summed E-state index contributed by atoms with van der Waals surface area (Å²) < 4.78 is 1.81. The van der Waals surface area contributed by atoms with Crippen molar-refractivity contribution < 1.29 is 9.90 Å². The number of amidine groups is 1. The Balaban J connectivity index is 1.84. The lowest BCUT2D eigenvalue weighted by atomic mass is 10.1. The monoisotopic (exact) mass is 496 g/mol. The van der Waals surface area contributed by atoms with E-state index in [1.807, 2.05) is 48.5 Å². The van der Waals surface area contributed by atoms with E-state index in [9.17, 15) is 9.90 Å². The standard InChI is InChI=1S/C22H14Br2N2O2/c23-15-7-5-14(6-8-15)13-20-22(28)26(16-9-11-17(27)12-10-16)21(25-20)18-3-1-2-4-19(18)24/h1-13,27H/b20-13+. The molecule has 0 aromatic heterocycles. The molecule has 0 aliphatic carbocycles. The summed E-state index contributed by atoms with van der Waals surface area (Å²) in [4.78, 5) is 19.4. The van der Waals surface area contributed by atoms with Crippen LogP contribution in [0, 0.1) is 0 Å². The minimum atomic E-state index is -0.223. The van der Waals surface area contributed by atoms with Crippen LogP contribution in [0.25, 0.3) is 6.08 Å². The topological polar surface area (TPSA) is 52.9 Å². The highest BCUT2D eigenvalue weighted by Gasteiger charge is 2.33. The number of carbonyl (C=O) groups excluding carboxylic acids is 1. The van der Waals surface area contributed by atoms with Crippen molar-refractivity contribution in [2.45, 2.75) is 0 Å². The fourth-order valence-electron chi connectivity index (χ4n) is 2.90.